The number of nitrogens with zero attached hydrogens (tertiary/aromatic N) is 2. The van der Waals surface area contributed by atoms with Gasteiger partial charge in [-0.1, -0.05) is 157 Å². The second-order valence-corrected chi connectivity index (χ2v) is 20.0. The molecule has 0 aliphatic carbocycles. The minimum Gasteiger partial charge on any atom is -0.491 e. The number of aryl methyl sites for hydroxylation is 4. The van der Waals surface area contributed by atoms with Gasteiger partial charge in [-0.05, 0) is 171 Å². The first-order valence-electron chi connectivity index (χ1n) is 29.4. The summed E-state index contributed by atoms with van der Waals surface area (Å²) in [5, 5.41) is 0. The molecule has 0 saturated heterocycles. The minimum absolute atomic E-state index is 0.672. The van der Waals surface area contributed by atoms with Crippen LogP contribution in [0.1, 0.15) is 180 Å². The molecule has 0 aromatic heterocycles. The number of unbranched alkanes of at least 4 members (excludes halogenated alkanes) is 12. The molecule has 0 radical (unpaired) electrons. The third kappa shape index (κ3) is 17.5. The molecule has 0 aliphatic heterocycles. The molecule has 7 nitrogen and oxygen atoms in total. The molecule has 6 rings (SSSR count). The molecule has 0 amide bonds. The number of hydrogen-bond acceptors (Lipinski definition) is 7. The summed E-state index contributed by atoms with van der Waals surface area (Å²) >= 11 is 0. The van der Waals surface area contributed by atoms with Crippen LogP contribution in [0.2, 0.25) is 0 Å². The van der Waals surface area contributed by atoms with E-state index in [0.717, 1.165) is 146 Å². The van der Waals surface area contributed by atoms with Crippen LogP contribution in [0, 0.1) is 0 Å². The first-order valence-corrected chi connectivity index (χ1v) is 29.4. The van der Waals surface area contributed by atoms with Crippen molar-refractivity contribution in [2.24, 2.45) is 0 Å². The molecule has 0 heterocycles. The van der Waals surface area contributed by atoms with Gasteiger partial charge < -0.3 is 33.5 Å². The molecule has 0 spiro atoms. The summed E-state index contributed by atoms with van der Waals surface area (Å²) in [7, 11) is 0. The molecule has 0 bridgehead atoms. The number of rotatable bonds is 36. The zero-order valence-electron chi connectivity index (χ0n) is 47.5. The van der Waals surface area contributed by atoms with Gasteiger partial charge in [0.25, 0.3) is 0 Å². The van der Waals surface area contributed by atoms with Crippen molar-refractivity contribution in [1.29, 1.82) is 0 Å². The van der Waals surface area contributed by atoms with E-state index in [0.29, 0.717) is 26.4 Å². The Balaban J connectivity index is 1.36. The summed E-state index contributed by atoms with van der Waals surface area (Å²) in [6.07, 6.45) is 22.0. The van der Waals surface area contributed by atoms with Crippen LogP contribution in [0.4, 0.5) is 34.1 Å². The fourth-order valence-electron chi connectivity index (χ4n) is 9.44. The second kappa shape index (κ2) is 32.4. The molecule has 0 saturated carbocycles. The van der Waals surface area contributed by atoms with Gasteiger partial charge in [-0.3, -0.25) is 0 Å². The maximum atomic E-state index is 6.71. The highest BCUT2D eigenvalue weighted by Crippen LogP contribution is 2.48. The van der Waals surface area contributed by atoms with E-state index < -0.39 is 0 Å². The fraction of sp³-hybridized carbons (Fsp3) is 0.471. The maximum absolute atomic E-state index is 6.71. The van der Waals surface area contributed by atoms with Crippen molar-refractivity contribution in [3.05, 3.63) is 144 Å². The summed E-state index contributed by atoms with van der Waals surface area (Å²) in [6, 6.07) is 43.5. The van der Waals surface area contributed by atoms with Crippen molar-refractivity contribution < 1.29 is 23.7 Å². The first-order chi connectivity index (χ1) is 36.9. The zero-order chi connectivity index (χ0) is 53.0. The van der Waals surface area contributed by atoms with Crippen LogP contribution >= 0.6 is 0 Å². The Kier molecular flexibility index (Phi) is 25.1. The van der Waals surface area contributed by atoms with E-state index in [1.807, 2.05) is 0 Å². The van der Waals surface area contributed by atoms with E-state index in [1.165, 1.54) is 73.6 Å². The van der Waals surface area contributed by atoms with Gasteiger partial charge in [-0.25, -0.2) is 0 Å². The van der Waals surface area contributed by atoms with Gasteiger partial charge in [-0.2, -0.15) is 0 Å². The van der Waals surface area contributed by atoms with Crippen molar-refractivity contribution in [3.63, 3.8) is 0 Å². The Bertz CT molecular complexity index is 2250. The van der Waals surface area contributed by atoms with Crippen LogP contribution in [-0.4, -0.2) is 26.4 Å². The predicted octanol–water partition coefficient (Wildman–Crippen LogP) is 20.5. The summed E-state index contributed by atoms with van der Waals surface area (Å²) in [4.78, 5) is 4.61. The average molecular weight is 1020 g/mol. The molecule has 6 aromatic rings. The van der Waals surface area contributed by atoms with E-state index in [9.17, 15) is 0 Å². The van der Waals surface area contributed by atoms with E-state index >= 15 is 0 Å². The summed E-state index contributed by atoms with van der Waals surface area (Å²) in [5.41, 5.74) is 10.9. The minimum atomic E-state index is 0.672. The summed E-state index contributed by atoms with van der Waals surface area (Å²) in [5.74, 6) is 5.02. The van der Waals surface area contributed by atoms with Gasteiger partial charge >= 0.3 is 0 Å². The molecule has 6 aromatic carbocycles. The van der Waals surface area contributed by atoms with Gasteiger partial charge in [0.15, 0.2) is 0 Å². The SMILES string of the molecule is CCCCCCOc1cc(CC)ccc1N(c1ccc(Oc2ccc(N(c3ccc(CC)cc3OCCCCCC)c3ccc(CC)cc3OCCCCCC)cc2)cc1)c1ccc(CC)cc1OCCCCCC. The Morgan fingerprint density at radius 2 is 0.533 bits per heavy atom. The Labute approximate surface area is 453 Å². The molecule has 7 heteroatoms. The highest BCUT2D eigenvalue weighted by atomic mass is 16.5. The van der Waals surface area contributed by atoms with Gasteiger partial charge in [0, 0.05) is 11.4 Å². The Hall–Kier alpha value is -6.08. The second-order valence-electron chi connectivity index (χ2n) is 20.0. The van der Waals surface area contributed by atoms with Gasteiger partial charge in [0.2, 0.25) is 0 Å². The third-order valence-electron chi connectivity index (χ3n) is 14.1. The van der Waals surface area contributed by atoms with Crippen molar-refractivity contribution >= 4 is 34.1 Å². The number of ether oxygens (including phenoxy) is 5. The molecule has 0 N–H and O–H groups in total. The summed E-state index contributed by atoms with van der Waals surface area (Å²) in [6.45, 7) is 20.5. The number of hydrogen-bond donors (Lipinski definition) is 0. The smallest absolute Gasteiger partial charge is 0.143 e. The first kappa shape index (κ1) is 58.2. The van der Waals surface area contributed by atoms with Crippen LogP contribution in [0.3, 0.4) is 0 Å². The average Bonchev–Trinajstić information content (AvgIpc) is 3.45. The van der Waals surface area contributed by atoms with Crippen LogP contribution in [-0.2, 0) is 25.7 Å². The molecule has 0 aliphatic rings. The molecule has 404 valence electrons. The lowest BCUT2D eigenvalue weighted by Crippen LogP contribution is -2.14. The Morgan fingerprint density at radius 3 is 0.760 bits per heavy atom. The van der Waals surface area contributed by atoms with Crippen molar-refractivity contribution in [1.82, 2.24) is 0 Å². The standard InChI is InChI=1S/C68H92N2O5/c1-9-17-21-25-45-71-65-49-53(13-5)29-41-61(65)69(62-42-30-54(14-6)50-66(62)72-46-26-22-18-10-2)57-33-37-59(38-34-57)75-60-39-35-58(36-40-60)70(63-43-31-55(15-7)51-67(63)73-47-27-23-19-11-3)64-44-32-56(16-8)52-68(64)74-48-28-24-20-12-4/h29-44,49-52H,9-28,45-48H2,1-8H3. The summed E-state index contributed by atoms with van der Waals surface area (Å²) < 4.78 is 33.6. The largest absolute Gasteiger partial charge is 0.491 e. The number of anilines is 6. The normalized spacial score (nSPS) is 11.1. The van der Waals surface area contributed by atoms with Gasteiger partial charge in [0.1, 0.15) is 34.5 Å². The van der Waals surface area contributed by atoms with E-state index in [2.05, 4.69) is 187 Å². The van der Waals surface area contributed by atoms with E-state index in [4.69, 9.17) is 23.7 Å². The lowest BCUT2D eigenvalue weighted by atomic mass is 10.1. The zero-order valence-corrected chi connectivity index (χ0v) is 47.5. The molecule has 0 fully saturated rings. The highest BCUT2D eigenvalue weighted by Gasteiger charge is 2.24. The molecular weight excluding hydrogens is 925 g/mol. The fourth-order valence-corrected chi connectivity index (χ4v) is 9.44. The molecule has 75 heavy (non-hydrogen) atoms. The third-order valence-corrected chi connectivity index (χ3v) is 14.1. The van der Waals surface area contributed by atoms with Crippen molar-refractivity contribution in [2.75, 3.05) is 36.2 Å². The van der Waals surface area contributed by atoms with Crippen LogP contribution < -0.4 is 33.5 Å². The van der Waals surface area contributed by atoms with E-state index in [1.54, 1.807) is 0 Å². The van der Waals surface area contributed by atoms with Crippen LogP contribution in [0.25, 0.3) is 0 Å². The quantitative estimate of drug-likeness (QED) is 0.0364. The molecule has 0 unspecified atom stereocenters. The van der Waals surface area contributed by atoms with Gasteiger partial charge in [-0.15, -0.1) is 0 Å². The van der Waals surface area contributed by atoms with Crippen molar-refractivity contribution in [2.45, 2.75) is 184 Å². The van der Waals surface area contributed by atoms with Crippen LogP contribution in [0.15, 0.2) is 121 Å². The van der Waals surface area contributed by atoms with Crippen molar-refractivity contribution in [3.8, 4) is 34.5 Å². The number of benzene rings is 6. The van der Waals surface area contributed by atoms with Gasteiger partial charge in [0.05, 0.1) is 49.2 Å². The van der Waals surface area contributed by atoms with E-state index in [-0.39, 0.29) is 0 Å². The monoisotopic (exact) mass is 1020 g/mol. The highest BCUT2D eigenvalue weighted by molar-refractivity contribution is 5.85. The topological polar surface area (TPSA) is 52.6 Å². The van der Waals surface area contributed by atoms with Crippen LogP contribution in [0.5, 0.6) is 34.5 Å². The lowest BCUT2D eigenvalue weighted by molar-refractivity contribution is 0.303. The molecular formula is C68H92N2O5. The molecule has 0 atom stereocenters. The predicted molar refractivity (Wildman–Crippen MR) is 318 cm³/mol. The maximum Gasteiger partial charge on any atom is 0.143 e. The Morgan fingerprint density at radius 1 is 0.280 bits per heavy atom. The lowest BCUT2D eigenvalue weighted by Gasteiger charge is -2.30.